The summed E-state index contributed by atoms with van der Waals surface area (Å²) in [5.41, 5.74) is 0.806. The van der Waals surface area contributed by atoms with Gasteiger partial charge < -0.3 is 9.64 Å². The highest BCUT2D eigenvalue weighted by molar-refractivity contribution is 7.91. The zero-order valence-electron chi connectivity index (χ0n) is 12.2. The Balaban J connectivity index is 2.19. The smallest absolute Gasteiger partial charge is 0.180 e. The molecule has 1 aliphatic heterocycles. The number of para-hydroxylation sites is 1. The molecule has 1 aliphatic rings. The summed E-state index contributed by atoms with van der Waals surface area (Å²) in [7, 11) is -1.21. The molecule has 1 aromatic rings. The Hall–Kier alpha value is -1.07. The first-order valence-electron chi connectivity index (χ1n) is 7.15. The van der Waals surface area contributed by atoms with Crippen LogP contribution in [-0.4, -0.2) is 41.0 Å². The van der Waals surface area contributed by atoms with Crippen molar-refractivity contribution in [2.45, 2.75) is 24.7 Å². The van der Waals surface area contributed by atoms with E-state index < -0.39 is 9.84 Å². The SMILES string of the molecule is CCS(=O)(=O)c1ccccc1N(C)CC1CCOCC1. The molecule has 0 atom stereocenters. The maximum Gasteiger partial charge on any atom is 0.180 e. The number of nitrogens with zero attached hydrogens (tertiary/aromatic N) is 1. The van der Waals surface area contributed by atoms with Crippen molar-refractivity contribution >= 4 is 15.5 Å². The number of sulfone groups is 1. The van der Waals surface area contributed by atoms with Gasteiger partial charge in [0.05, 0.1) is 16.3 Å². The van der Waals surface area contributed by atoms with Crippen molar-refractivity contribution in [1.82, 2.24) is 0 Å². The number of ether oxygens (including phenoxy) is 1. The molecule has 5 heteroatoms. The first kappa shape index (κ1) is 15.3. The fourth-order valence-corrected chi connectivity index (χ4v) is 3.75. The van der Waals surface area contributed by atoms with E-state index in [2.05, 4.69) is 4.90 Å². The Kier molecular flexibility index (Phi) is 5.05. The molecule has 1 heterocycles. The van der Waals surface area contributed by atoms with Crippen LogP contribution >= 0.6 is 0 Å². The maximum atomic E-state index is 12.2. The third-order valence-corrected chi connectivity index (χ3v) is 5.64. The van der Waals surface area contributed by atoms with E-state index in [1.165, 1.54) is 0 Å². The van der Waals surface area contributed by atoms with Gasteiger partial charge in [-0.05, 0) is 30.9 Å². The van der Waals surface area contributed by atoms with Gasteiger partial charge in [-0.1, -0.05) is 19.1 Å². The van der Waals surface area contributed by atoms with Crippen LogP contribution in [0, 0.1) is 5.92 Å². The van der Waals surface area contributed by atoms with Gasteiger partial charge in [-0.3, -0.25) is 0 Å². The number of rotatable bonds is 5. The standard InChI is InChI=1S/C15H23NO3S/c1-3-20(17,18)15-7-5-4-6-14(15)16(2)12-13-8-10-19-11-9-13/h4-7,13H,3,8-12H2,1-2H3. The van der Waals surface area contributed by atoms with Crippen LogP contribution in [-0.2, 0) is 14.6 Å². The first-order valence-corrected chi connectivity index (χ1v) is 8.80. The van der Waals surface area contributed by atoms with E-state index in [9.17, 15) is 8.42 Å². The highest BCUT2D eigenvalue weighted by Gasteiger charge is 2.21. The Bertz CT molecular complexity index is 536. The topological polar surface area (TPSA) is 46.6 Å². The Morgan fingerprint density at radius 3 is 2.55 bits per heavy atom. The summed E-state index contributed by atoms with van der Waals surface area (Å²) in [4.78, 5) is 2.51. The second-order valence-corrected chi connectivity index (χ2v) is 7.55. The van der Waals surface area contributed by atoms with Gasteiger partial charge in [0.25, 0.3) is 0 Å². The molecule has 0 amide bonds. The molecular formula is C15H23NO3S. The summed E-state index contributed by atoms with van der Waals surface area (Å²) in [6.07, 6.45) is 2.10. The van der Waals surface area contributed by atoms with Crippen molar-refractivity contribution in [3.05, 3.63) is 24.3 Å². The van der Waals surface area contributed by atoms with Crippen LogP contribution in [0.3, 0.4) is 0 Å². The second kappa shape index (κ2) is 6.59. The van der Waals surface area contributed by atoms with Gasteiger partial charge >= 0.3 is 0 Å². The average molecular weight is 297 g/mol. The average Bonchev–Trinajstić information content (AvgIpc) is 2.48. The Morgan fingerprint density at radius 1 is 1.25 bits per heavy atom. The van der Waals surface area contributed by atoms with E-state index in [-0.39, 0.29) is 5.75 Å². The summed E-state index contributed by atoms with van der Waals surface area (Å²) in [6.45, 7) is 4.19. The van der Waals surface area contributed by atoms with Gasteiger partial charge in [0, 0.05) is 26.8 Å². The summed E-state index contributed by atoms with van der Waals surface area (Å²) in [5, 5.41) is 0. The predicted octanol–water partition coefficient (Wildman–Crippen LogP) is 2.34. The monoisotopic (exact) mass is 297 g/mol. The zero-order valence-corrected chi connectivity index (χ0v) is 13.0. The minimum atomic E-state index is -3.18. The lowest BCUT2D eigenvalue weighted by Crippen LogP contribution is -2.30. The quantitative estimate of drug-likeness (QED) is 0.837. The minimum absolute atomic E-state index is 0.134. The van der Waals surface area contributed by atoms with Crippen LogP contribution in [0.15, 0.2) is 29.2 Å². The number of benzene rings is 1. The van der Waals surface area contributed by atoms with Gasteiger partial charge in [-0.2, -0.15) is 0 Å². The molecule has 4 nitrogen and oxygen atoms in total. The second-order valence-electron chi connectivity index (χ2n) is 5.31. The van der Waals surface area contributed by atoms with E-state index in [4.69, 9.17) is 4.74 Å². The zero-order chi connectivity index (χ0) is 14.6. The molecule has 1 aromatic carbocycles. The molecule has 0 aromatic heterocycles. The lowest BCUT2D eigenvalue weighted by Gasteiger charge is -2.29. The van der Waals surface area contributed by atoms with E-state index in [1.807, 2.05) is 19.2 Å². The maximum absolute atomic E-state index is 12.2. The van der Waals surface area contributed by atoms with Crippen molar-refractivity contribution < 1.29 is 13.2 Å². The summed E-state index contributed by atoms with van der Waals surface area (Å²) >= 11 is 0. The fraction of sp³-hybridized carbons (Fsp3) is 0.600. The van der Waals surface area contributed by atoms with Crippen molar-refractivity contribution in [2.24, 2.45) is 5.92 Å². The Morgan fingerprint density at radius 2 is 1.90 bits per heavy atom. The van der Waals surface area contributed by atoms with Crippen LogP contribution in [0.4, 0.5) is 5.69 Å². The number of hydrogen-bond donors (Lipinski definition) is 0. The molecule has 0 aliphatic carbocycles. The van der Waals surface area contributed by atoms with Gasteiger partial charge in [-0.25, -0.2) is 8.42 Å². The molecule has 2 rings (SSSR count). The minimum Gasteiger partial charge on any atom is -0.381 e. The highest BCUT2D eigenvalue weighted by Crippen LogP contribution is 2.27. The third kappa shape index (κ3) is 3.52. The van der Waals surface area contributed by atoms with Gasteiger partial charge in [0.2, 0.25) is 0 Å². The fourth-order valence-electron chi connectivity index (χ4n) is 2.61. The van der Waals surface area contributed by atoms with Crippen molar-refractivity contribution in [3.63, 3.8) is 0 Å². The molecule has 0 radical (unpaired) electrons. The Labute approximate surface area is 121 Å². The molecule has 1 fully saturated rings. The molecule has 0 spiro atoms. The van der Waals surface area contributed by atoms with Crippen molar-refractivity contribution in [2.75, 3.05) is 37.5 Å². The van der Waals surface area contributed by atoms with Crippen LogP contribution in [0.25, 0.3) is 0 Å². The van der Waals surface area contributed by atoms with Gasteiger partial charge in [0.1, 0.15) is 0 Å². The van der Waals surface area contributed by atoms with E-state index >= 15 is 0 Å². The van der Waals surface area contributed by atoms with Crippen LogP contribution < -0.4 is 4.90 Å². The summed E-state index contributed by atoms with van der Waals surface area (Å²) in [6, 6.07) is 7.27. The summed E-state index contributed by atoms with van der Waals surface area (Å²) < 4.78 is 29.7. The highest BCUT2D eigenvalue weighted by atomic mass is 32.2. The molecule has 112 valence electrons. The molecule has 20 heavy (non-hydrogen) atoms. The largest absolute Gasteiger partial charge is 0.381 e. The molecule has 0 unspecified atom stereocenters. The first-order chi connectivity index (χ1) is 9.54. The molecule has 0 bridgehead atoms. The number of hydrogen-bond acceptors (Lipinski definition) is 4. The van der Waals surface area contributed by atoms with E-state index in [0.717, 1.165) is 38.3 Å². The van der Waals surface area contributed by atoms with Crippen molar-refractivity contribution in [1.29, 1.82) is 0 Å². The number of anilines is 1. The molecular weight excluding hydrogens is 274 g/mol. The van der Waals surface area contributed by atoms with E-state index in [1.54, 1.807) is 19.1 Å². The van der Waals surface area contributed by atoms with Crippen molar-refractivity contribution in [3.8, 4) is 0 Å². The lowest BCUT2D eigenvalue weighted by atomic mass is 10.00. The lowest BCUT2D eigenvalue weighted by molar-refractivity contribution is 0.0685. The van der Waals surface area contributed by atoms with E-state index in [0.29, 0.717) is 10.8 Å². The normalized spacial score (nSPS) is 17.1. The molecule has 0 N–H and O–H groups in total. The predicted molar refractivity (Wildman–Crippen MR) is 81.0 cm³/mol. The van der Waals surface area contributed by atoms with Gasteiger partial charge in [0.15, 0.2) is 9.84 Å². The van der Waals surface area contributed by atoms with Gasteiger partial charge in [-0.15, -0.1) is 0 Å². The van der Waals surface area contributed by atoms with Crippen LogP contribution in [0.2, 0.25) is 0 Å². The molecule has 0 saturated carbocycles. The molecule has 1 saturated heterocycles. The van der Waals surface area contributed by atoms with Crippen LogP contribution in [0.1, 0.15) is 19.8 Å². The summed E-state index contributed by atoms with van der Waals surface area (Å²) in [5.74, 6) is 0.709. The van der Waals surface area contributed by atoms with Crippen LogP contribution in [0.5, 0.6) is 0 Å². The third-order valence-electron chi connectivity index (χ3n) is 3.86.